The van der Waals surface area contributed by atoms with Crippen LogP contribution in [0.5, 0.6) is 5.75 Å². The number of likely N-dealkylation sites (tertiary alicyclic amines) is 1. The normalized spacial score (nSPS) is 14.7. The van der Waals surface area contributed by atoms with Gasteiger partial charge >= 0.3 is 0 Å². The molecule has 4 heteroatoms. The van der Waals surface area contributed by atoms with E-state index in [1.54, 1.807) is 12.1 Å². The first-order valence-electron chi connectivity index (χ1n) is 8.52. The van der Waals surface area contributed by atoms with Gasteiger partial charge in [0.2, 0.25) is 0 Å². The fraction of sp³-hybridized carbons (Fsp3) is 0.300. The minimum absolute atomic E-state index is 0.218. The molecule has 0 unspecified atom stereocenters. The molecule has 0 spiro atoms. The van der Waals surface area contributed by atoms with E-state index in [2.05, 4.69) is 27.7 Å². The molecule has 1 aromatic heterocycles. The number of rotatable bonds is 6. The van der Waals surface area contributed by atoms with Crippen LogP contribution in [0.15, 0.2) is 54.7 Å². The number of hydrogen-bond acceptors (Lipinski definition) is 2. The molecular weight excluding hydrogens is 303 g/mol. The summed E-state index contributed by atoms with van der Waals surface area (Å²) in [6.07, 6.45) is 4.41. The molecule has 2 aromatic carbocycles. The van der Waals surface area contributed by atoms with Gasteiger partial charge in [-0.3, -0.25) is 0 Å². The maximum absolute atomic E-state index is 13.1. The van der Waals surface area contributed by atoms with Crippen molar-refractivity contribution < 1.29 is 9.13 Å². The zero-order valence-corrected chi connectivity index (χ0v) is 13.6. The SMILES string of the molecule is Fc1ccc(-n2ccc3cc(OCCCN4CCC4)ccc32)cc1. The zero-order valence-electron chi connectivity index (χ0n) is 13.6. The third-order valence-corrected chi connectivity index (χ3v) is 4.60. The van der Waals surface area contributed by atoms with E-state index in [4.69, 9.17) is 4.74 Å². The Morgan fingerprint density at radius 2 is 1.83 bits per heavy atom. The number of fused-ring (bicyclic) bond motifs is 1. The van der Waals surface area contributed by atoms with Gasteiger partial charge in [-0.2, -0.15) is 0 Å². The molecule has 3 nitrogen and oxygen atoms in total. The summed E-state index contributed by atoms with van der Waals surface area (Å²) in [6.45, 7) is 4.36. The van der Waals surface area contributed by atoms with Crippen molar-refractivity contribution in [3.63, 3.8) is 0 Å². The Morgan fingerprint density at radius 1 is 1.00 bits per heavy atom. The standard InChI is InChI=1S/C20H21FN2O/c21-17-3-5-18(6-4-17)23-13-9-16-15-19(7-8-20(16)23)24-14-2-12-22-10-1-11-22/h3-9,13,15H,1-2,10-12,14H2. The fourth-order valence-electron chi connectivity index (χ4n) is 3.12. The molecule has 0 amide bonds. The molecule has 4 rings (SSSR count). The minimum Gasteiger partial charge on any atom is -0.494 e. The number of hydrogen-bond donors (Lipinski definition) is 0. The molecule has 0 aliphatic carbocycles. The van der Waals surface area contributed by atoms with Crippen LogP contribution in [-0.2, 0) is 0 Å². The largest absolute Gasteiger partial charge is 0.494 e. The summed E-state index contributed by atoms with van der Waals surface area (Å²) in [6, 6.07) is 14.7. The number of aromatic nitrogens is 1. The van der Waals surface area contributed by atoms with Crippen molar-refractivity contribution in [3.8, 4) is 11.4 Å². The molecule has 1 fully saturated rings. The van der Waals surface area contributed by atoms with E-state index in [0.29, 0.717) is 0 Å². The Kier molecular flexibility index (Phi) is 4.22. The maximum Gasteiger partial charge on any atom is 0.123 e. The lowest BCUT2D eigenvalue weighted by Gasteiger charge is -2.30. The van der Waals surface area contributed by atoms with Crippen LogP contribution in [0.3, 0.4) is 0 Å². The van der Waals surface area contributed by atoms with Gasteiger partial charge in [-0.15, -0.1) is 0 Å². The lowest BCUT2D eigenvalue weighted by molar-refractivity contribution is 0.165. The molecule has 0 saturated carbocycles. The molecule has 3 aromatic rings. The Bertz CT molecular complexity index is 821. The summed E-state index contributed by atoms with van der Waals surface area (Å²) in [5, 5.41) is 1.12. The first-order chi connectivity index (χ1) is 11.8. The smallest absolute Gasteiger partial charge is 0.123 e. The second kappa shape index (κ2) is 6.65. The van der Waals surface area contributed by atoms with Crippen molar-refractivity contribution in [1.29, 1.82) is 0 Å². The van der Waals surface area contributed by atoms with Gasteiger partial charge in [0.15, 0.2) is 0 Å². The van der Waals surface area contributed by atoms with Crippen molar-refractivity contribution in [2.75, 3.05) is 26.2 Å². The molecule has 0 N–H and O–H groups in total. The third kappa shape index (κ3) is 3.15. The van der Waals surface area contributed by atoms with Crippen molar-refractivity contribution >= 4 is 10.9 Å². The molecule has 0 bridgehead atoms. The molecule has 1 aliphatic rings. The van der Waals surface area contributed by atoms with Crippen molar-refractivity contribution in [2.45, 2.75) is 12.8 Å². The van der Waals surface area contributed by atoms with E-state index in [9.17, 15) is 4.39 Å². The summed E-state index contributed by atoms with van der Waals surface area (Å²) < 4.78 is 21.0. The lowest BCUT2D eigenvalue weighted by atomic mass is 10.2. The van der Waals surface area contributed by atoms with E-state index in [1.165, 1.54) is 31.6 Å². The first-order valence-corrected chi connectivity index (χ1v) is 8.52. The lowest BCUT2D eigenvalue weighted by Crippen LogP contribution is -2.38. The topological polar surface area (TPSA) is 17.4 Å². The van der Waals surface area contributed by atoms with Gasteiger partial charge in [0.25, 0.3) is 0 Å². The minimum atomic E-state index is -0.218. The molecule has 24 heavy (non-hydrogen) atoms. The maximum atomic E-state index is 13.1. The van der Waals surface area contributed by atoms with Gasteiger partial charge in [-0.05, 0) is 74.5 Å². The quantitative estimate of drug-likeness (QED) is 0.631. The van der Waals surface area contributed by atoms with Crippen LogP contribution in [0.25, 0.3) is 16.6 Å². The van der Waals surface area contributed by atoms with Crippen LogP contribution in [0, 0.1) is 5.82 Å². The second-order valence-corrected chi connectivity index (χ2v) is 6.28. The summed E-state index contributed by atoms with van der Waals surface area (Å²) in [4.78, 5) is 2.45. The molecule has 0 atom stereocenters. The summed E-state index contributed by atoms with van der Waals surface area (Å²) in [5.41, 5.74) is 2.05. The molecule has 1 aliphatic heterocycles. The van der Waals surface area contributed by atoms with Crippen LogP contribution < -0.4 is 4.74 Å². The third-order valence-electron chi connectivity index (χ3n) is 4.60. The highest BCUT2D eigenvalue weighted by atomic mass is 19.1. The average molecular weight is 324 g/mol. The molecule has 1 saturated heterocycles. The Morgan fingerprint density at radius 3 is 2.58 bits per heavy atom. The molecule has 124 valence electrons. The predicted molar refractivity (Wildman–Crippen MR) is 94.4 cm³/mol. The summed E-state index contributed by atoms with van der Waals surface area (Å²) in [5.74, 6) is 0.687. The van der Waals surface area contributed by atoms with Gasteiger partial charge in [0.1, 0.15) is 11.6 Å². The average Bonchev–Trinajstić information content (AvgIpc) is 2.97. The molecular formula is C20H21FN2O. The summed E-state index contributed by atoms with van der Waals surface area (Å²) in [7, 11) is 0. The van der Waals surface area contributed by atoms with Crippen LogP contribution in [0.4, 0.5) is 4.39 Å². The molecule has 0 radical (unpaired) electrons. The number of ether oxygens (including phenoxy) is 1. The fourth-order valence-corrected chi connectivity index (χ4v) is 3.12. The Labute approximate surface area is 141 Å². The summed E-state index contributed by atoms with van der Waals surface area (Å²) >= 11 is 0. The van der Waals surface area contributed by atoms with Gasteiger partial charge in [-0.1, -0.05) is 0 Å². The van der Waals surface area contributed by atoms with E-state index >= 15 is 0 Å². The van der Waals surface area contributed by atoms with Crippen LogP contribution in [0.1, 0.15) is 12.8 Å². The second-order valence-electron chi connectivity index (χ2n) is 6.28. The highest BCUT2D eigenvalue weighted by Crippen LogP contribution is 2.25. The van der Waals surface area contributed by atoms with Gasteiger partial charge in [-0.25, -0.2) is 4.39 Å². The van der Waals surface area contributed by atoms with Gasteiger partial charge < -0.3 is 14.2 Å². The van der Waals surface area contributed by atoms with Crippen LogP contribution in [-0.4, -0.2) is 35.7 Å². The van der Waals surface area contributed by atoms with Gasteiger partial charge in [0, 0.05) is 23.8 Å². The van der Waals surface area contributed by atoms with Crippen LogP contribution >= 0.6 is 0 Å². The number of halogens is 1. The number of nitrogens with zero attached hydrogens (tertiary/aromatic N) is 2. The van der Waals surface area contributed by atoms with E-state index in [1.807, 2.05) is 12.3 Å². The highest BCUT2D eigenvalue weighted by molar-refractivity contribution is 5.83. The van der Waals surface area contributed by atoms with E-state index in [0.717, 1.165) is 41.9 Å². The predicted octanol–water partition coefficient (Wildman–Crippen LogP) is 4.24. The molecule has 2 heterocycles. The van der Waals surface area contributed by atoms with Crippen molar-refractivity contribution in [2.24, 2.45) is 0 Å². The monoisotopic (exact) mass is 324 g/mol. The first kappa shape index (κ1) is 15.2. The number of benzene rings is 2. The van der Waals surface area contributed by atoms with E-state index < -0.39 is 0 Å². The highest BCUT2D eigenvalue weighted by Gasteiger charge is 2.12. The Balaban J connectivity index is 1.45. The van der Waals surface area contributed by atoms with Crippen molar-refractivity contribution in [3.05, 3.63) is 60.5 Å². The Hall–Kier alpha value is -2.33. The van der Waals surface area contributed by atoms with Crippen molar-refractivity contribution in [1.82, 2.24) is 9.47 Å². The van der Waals surface area contributed by atoms with Gasteiger partial charge in [0.05, 0.1) is 12.1 Å². The van der Waals surface area contributed by atoms with E-state index in [-0.39, 0.29) is 5.82 Å². The van der Waals surface area contributed by atoms with Crippen LogP contribution in [0.2, 0.25) is 0 Å². The zero-order chi connectivity index (χ0) is 16.4.